The molecule has 0 amide bonds. The van der Waals surface area contributed by atoms with E-state index in [0.29, 0.717) is 11.4 Å². The first-order valence-electron chi connectivity index (χ1n) is 7.29. The van der Waals surface area contributed by atoms with Gasteiger partial charge in [-0.3, -0.25) is 4.98 Å². The van der Waals surface area contributed by atoms with Gasteiger partial charge in [-0.2, -0.15) is 13.2 Å². The highest BCUT2D eigenvalue weighted by molar-refractivity contribution is 6.31. The van der Waals surface area contributed by atoms with E-state index < -0.39 is 11.7 Å². The Bertz CT molecular complexity index is 901. The fourth-order valence-corrected chi connectivity index (χ4v) is 2.43. The van der Waals surface area contributed by atoms with E-state index in [2.05, 4.69) is 15.2 Å². The van der Waals surface area contributed by atoms with Gasteiger partial charge in [0.1, 0.15) is 5.75 Å². The van der Waals surface area contributed by atoms with Crippen molar-refractivity contribution in [1.29, 1.82) is 0 Å². The molecule has 4 nitrogen and oxygen atoms in total. The third kappa shape index (κ3) is 4.62. The van der Waals surface area contributed by atoms with Crippen molar-refractivity contribution in [3.63, 3.8) is 0 Å². The normalized spacial score (nSPS) is 11.4. The molecule has 0 N–H and O–H groups in total. The lowest BCUT2D eigenvalue weighted by Crippen LogP contribution is -2.06. The lowest BCUT2D eigenvalue weighted by atomic mass is 10.1. The predicted molar refractivity (Wildman–Crippen MR) is 90.6 cm³/mol. The van der Waals surface area contributed by atoms with Gasteiger partial charge in [-0.25, -0.2) is 0 Å². The summed E-state index contributed by atoms with van der Waals surface area (Å²) < 4.78 is 43.4. The van der Waals surface area contributed by atoms with Gasteiger partial charge >= 0.3 is 6.18 Å². The molecule has 3 rings (SSSR count). The topological polar surface area (TPSA) is 47.9 Å². The average molecular weight is 400 g/mol. The molecule has 3 aromatic rings. The van der Waals surface area contributed by atoms with Gasteiger partial charge in [0, 0.05) is 18.7 Å². The van der Waals surface area contributed by atoms with E-state index in [4.69, 9.17) is 27.9 Å². The first kappa shape index (κ1) is 18.4. The number of aromatic nitrogens is 3. The molecule has 0 atom stereocenters. The number of hydrogen-bond acceptors (Lipinski definition) is 4. The third-order valence-corrected chi connectivity index (χ3v) is 3.90. The van der Waals surface area contributed by atoms with E-state index in [-0.39, 0.29) is 22.5 Å². The van der Waals surface area contributed by atoms with Crippen LogP contribution in [0.2, 0.25) is 10.2 Å². The van der Waals surface area contributed by atoms with Crippen LogP contribution in [0.4, 0.5) is 13.2 Å². The van der Waals surface area contributed by atoms with Crippen LogP contribution < -0.4 is 4.74 Å². The molecule has 0 fully saturated rings. The Morgan fingerprint density at radius 2 is 1.69 bits per heavy atom. The lowest BCUT2D eigenvalue weighted by molar-refractivity contribution is -0.137. The molecule has 0 saturated carbocycles. The zero-order valence-electron chi connectivity index (χ0n) is 13.0. The summed E-state index contributed by atoms with van der Waals surface area (Å²) in [6, 6.07) is 10.9. The molecular formula is C17H10Cl2F3N3O. The van der Waals surface area contributed by atoms with Crippen LogP contribution in [-0.2, 0) is 12.6 Å². The highest BCUT2D eigenvalue weighted by Gasteiger charge is 2.31. The number of ether oxygens (including phenoxy) is 1. The molecule has 0 aliphatic carbocycles. The SMILES string of the molecule is FC(F)(F)c1cnc(Cc2ccc(Oc3ccc(Cl)nn3)cc2)c(Cl)c1. The summed E-state index contributed by atoms with van der Waals surface area (Å²) in [4.78, 5) is 3.82. The number of hydrogen-bond donors (Lipinski definition) is 0. The molecule has 0 saturated heterocycles. The second-order valence-corrected chi connectivity index (χ2v) is 6.06. The largest absolute Gasteiger partial charge is 0.438 e. The summed E-state index contributed by atoms with van der Waals surface area (Å²) in [5.41, 5.74) is 0.296. The van der Waals surface area contributed by atoms with E-state index in [0.717, 1.165) is 17.8 Å². The second-order valence-electron chi connectivity index (χ2n) is 5.27. The molecule has 2 heterocycles. The van der Waals surface area contributed by atoms with E-state index in [1.54, 1.807) is 36.4 Å². The van der Waals surface area contributed by atoms with Crippen LogP contribution in [0, 0.1) is 0 Å². The highest BCUT2D eigenvalue weighted by atomic mass is 35.5. The molecule has 0 unspecified atom stereocenters. The molecular weight excluding hydrogens is 390 g/mol. The van der Waals surface area contributed by atoms with Crippen molar-refractivity contribution in [1.82, 2.24) is 15.2 Å². The van der Waals surface area contributed by atoms with Crippen LogP contribution in [0.15, 0.2) is 48.7 Å². The molecule has 0 bridgehead atoms. The number of benzene rings is 1. The Morgan fingerprint density at radius 1 is 0.962 bits per heavy atom. The number of rotatable bonds is 4. The van der Waals surface area contributed by atoms with E-state index >= 15 is 0 Å². The average Bonchev–Trinajstić information content (AvgIpc) is 2.59. The van der Waals surface area contributed by atoms with Crippen molar-refractivity contribution in [2.45, 2.75) is 12.6 Å². The summed E-state index contributed by atoms with van der Waals surface area (Å²) in [6.07, 6.45) is -3.41. The molecule has 134 valence electrons. The predicted octanol–water partition coefficient (Wildman–Crippen LogP) is 5.58. The summed E-state index contributed by atoms with van der Waals surface area (Å²) in [5.74, 6) is 0.812. The maximum atomic E-state index is 12.6. The lowest BCUT2D eigenvalue weighted by Gasteiger charge is -2.09. The van der Waals surface area contributed by atoms with Gasteiger partial charge < -0.3 is 4.74 Å². The molecule has 0 aliphatic rings. The van der Waals surface area contributed by atoms with Gasteiger partial charge in [0.2, 0.25) is 5.88 Å². The molecule has 26 heavy (non-hydrogen) atoms. The Labute approximate surface area is 156 Å². The monoisotopic (exact) mass is 399 g/mol. The van der Waals surface area contributed by atoms with Crippen LogP contribution in [-0.4, -0.2) is 15.2 Å². The van der Waals surface area contributed by atoms with Gasteiger partial charge in [-0.15, -0.1) is 10.2 Å². The van der Waals surface area contributed by atoms with Crippen molar-refractivity contribution >= 4 is 23.2 Å². The second kappa shape index (κ2) is 7.47. The van der Waals surface area contributed by atoms with Gasteiger partial charge in [-0.05, 0) is 29.8 Å². The number of pyridine rings is 1. The van der Waals surface area contributed by atoms with Crippen molar-refractivity contribution in [2.75, 3.05) is 0 Å². The summed E-state index contributed by atoms with van der Waals surface area (Å²) >= 11 is 11.6. The third-order valence-electron chi connectivity index (χ3n) is 3.37. The zero-order chi connectivity index (χ0) is 18.7. The van der Waals surface area contributed by atoms with Crippen LogP contribution in [0.5, 0.6) is 11.6 Å². The molecule has 9 heteroatoms. The minimum absolute atomic E-state index is 0.0309. The fraction of sp³-hybridized carbons (Fsp3) is 0.118. The van der Waals surface area contributed by atoms with Crippen LogP contribution >= 0.6 is 23.2 Å². The van der Waals surface area contributed by atoms with Gasteiger partial charge in [0.25, 0.3) is 0 Å². The van der Waals surface area contributed by atoms with Crippen molar-refractivity contribution in [3.8, 4) is 11.6 Å². The Balaban J connectivity index is 1.70. The summed E-state index contributed by atoms with van der Waals surface area (Å²) in [7, 11) is 0. The maximum absolute atomic E-state index is 12.6. The molecule has 2 aromatic heterocycles. The first-order valence-corrected chi connectivity index (χ1v) is 8.04. The number of alkyl halides is 3. The van der Waals surface area contributed by atoms with Crippen molar-refractivity contribution in [2.24, 2.45) is 0 Å². The van der Waals surface area contributed by atoms with Crippen LogP contribution in [0.25, 0.3) is 0 Å². The smallest absolute Gasteiger partial charge is 0.417 e. The minimum atomic E-state index is -4.47. The van der Waals surface area contributed by atoms with Gasteiger partial charge in [0.05, 0.1) is 16.3 Å². The molecule has 0 spiro atoms. The van der Waals surface area contributed by atoms with E-state index in [1.165, 1.54) is 0 Å². The highest BCUT2D eigenvalue weighted by Crippen LogP contribution is 2.31. The minimum Gasteiger partial charge on any atom is -0.438 e. The summed E-state index contributed by atoms with van der Waals surface area (Å²) in [5, 5.41) is 7.68. The number of nitrogens with zero attached hydrogens (tertiary/aromatic N) is 3. The first-order chi connectivity index (χ1) is 12.3. The number of halogens is 5. The molecule has 1 aromatic carbocycles. The quantitative estimate of drug-likeness (QED) is 0.574. The Hall–Kier alpha value is -2.38. The van der Waals surface area contributed by atoms with E-state index in [1.807, 2.05) is 0 Å². The Kier molecular flexibility index (Phi) is 5.29. The Morgan fingerprint density at radius 3 is 2.27 bits per heavy atom. The zero-order valence-corrected chi connectivity index (χ0v) is 14.5. The summed E-state index contributed by atoms with van der Waals surface area (Å²) in [6.45, 7) is 0. The molecule has 0 aliphatic heterocycles. The van der Waals surface area contributed by atoms with Gasteiger partial charge in [0.15, 0.2) is 5.15 Å². The molecule has 0 radical (unpaired) electrons. The maximum Gasteiger partial charge on any atom is 0.417 e. The van der Waals surface area contributed by atoms with E-state index in [9.17, 15) is 13.2 Å². The fourth-order valence-electron chi connectivity index (χ4n) is 2.10. The van der Waals surface area contributed by atoms with Crippen LogP contribution in [0.1, 0.15) is 16.8 Å². The standard InChI is InChI=1S/C17H10Cl2F3N3O/c18-13-8-11(17(20,21)22)9-23-14(13)7-10-1-3-12(4-2-10)26-16-6-5-15(19)24-25-16/h1-6,8-9H,7H2. The van der Waals surface area contributed by atoms with Crippen molar-refractivity contribution < 1.29 is 17.9 Å². The van der Waals surface area contributed by atoms with Gasteiger partial charge in [-0.1, -0.05) is 35.3 Å². The van der Waals surface area contributed by atoms with Crippen molar-refractivity contribution in [3.05, 3.63) is 75.7 Å². The van der Waals surface area contributed by atoms with Crippen LogP contribution in [0.3, 0.4) is 0 Å².